The third-order valence-corrected chi connectivity index (χ3v) is 9.06. The van der Waals surface area contributed by atoms with E-state index in [4.69, 9.17) is 23.2 Å². The molecule has 2 amide bonds. The number of unbranched alkanes of at least 4 members (excludes halogenated alkanes) is 1. The van der Waals surface area contributed by atoms with Gasteiger partial charge in [0.15, 0.2) is 0 Å². The van der Waals surface area contributed by atoms with Crippen LogP contribution in [0.2, 0.25) is 10.0 Å². The van der Waals surface area contributed by atoms with Gasteiger partial charge in [0.2, 0.25) is 11.8 Å². The molecule has 7 nitrogen and oxygen atoms in total. The average molecular weight is 655 g/mol. The molecule has 0 aromatic heterocycles. The maximum absolute atomic E-state index is 13.9. The second-order valence-electron chi connectivity index (χ2n) is 8.90. The summed E-state index contributed by atoms with van der Waals surface area (Å²) in [6.45, 7) is 3.60. The molecule has 0 spiro atoms. The van der Waals surface area contributed by atoms with Crippen molar-refractivity contribution in [1.29, 1.82) is 0 Å². The maximum atomic E-state index is 13.9. The van der Waals surface area contributed by atoms with E-state index in [1.165, 1.54) is 17.0 Å². The molecule has 0 heterocycles. The second-order valence-corrected chi connectivity index (χ2v) is 12.5. The van der Waals surface area contributed by atoms with Crippen molar-refractivity contribution < 1.29 is 18.0 Å². The number of amides is 2. The number of nitrogens with zero attached hydrogens (tertiary/aromatic N) is 2. The highest BCUT2D eigenvalue weighted by Gasteiger charge is 2.32. The number of hydrogen-bond donors (Lipinski definition) is 1. The molecular formula is C28H30BrCl2N3O4S. The van der Waals surface area contributed by atoms with Gasteiger partial charge in [-0.1, -0.05) is 82.8 Å². The van der Waals surface area contributed by atoms with E-state index in [2.05, 4.69) is 21.2 Å². The molecule has 0 fully saturated rings. The molecule has 0 unspecified atom stereocenters. The van der Waals surface area contributed by atoms with Gasteiger partial charge in [-0.15, -0.1) is 0 Å². The Labute approximate surface area is 248 Å². The van der Waals surface area contributed by atoms with Crippen LogP contribution in [0.15, 0.2) is 82.2 Å². The van der Waals surface area contributed by atoms with E-state index >= 15 is 0 Å². The first kappa shape index (κ1) is 30.9. The Morgan fingerprint density at radius 1 is 0.974 bits per heavy atom. The highest BCUT2D eigenvalue weighted by molar-refractivity contribution is 9.10. The van der Waals surface area contributed by atoms with Crippen molar-refractivity contribution in [2.45, 2.75) is 44.2 Å². The van der Waals surface area contributed by atoms with Crippen molar-refractivity contribution in [3.05, 3.63) is 92.9 Å². The van der Waals surface area contributed by atoms with Crippen molar-refractivity contribution in [3.8, 4) is 0 Å². The number of anilines is 1. The Kier molecular flexibility index (Phi) is 11.2. The second kappa shape index (κ2) is 14.2. The quantitative estimate of drug-likeness (QED) is 0.233. The summed E-state index contributed by atoms with van der Waals surface area (Å²) in [6, 6.07) is 18.7. The predicted molar refractivity (Wildman–Crippen MR) is 160 cm³/mol. The van der Waals surface area contributed by atoms with Crippen LogP contribution < -0.4 is 9.62 Å². The highest BCUT2D eigenvalue weighted by Crippen LogP contribution is 2.28. The predicted octanol–water partition coefficient (Wildman–Crippen LogP) is 6.28. The summed E-state index contributed by atoms with van der Waals surface area (Å²) < 4.78 is 29.2. The molecule has 0 saturated carbocycles. The van der Waals surface area contributed by atoms with E-state index < -0.39 is 28.5 Å². The molecule has 1 atom stereocenters. The van der Waals surface area contributed by atoms with Crippen LogP contribution in [0.25, 0.3) is 0 Å². The minimum atomic E-state index is -4.12. The lowest BCUT2D eigenvalue weighted by atomic mass is 10.1. The van der Waals surface area contributed by atoms with Crippen LogP contribution >= 0.6 is 39.1 Å². The molecule has 0 aliphatic carbocycles. The Hall–Kier alpha value is -2.59. The Balaban J connectivity index is 2.00. The fourth-order valence-electron chi connectivity index (χ4n) is 3.83. The molecule has 0 aliphatic heterocycles. The van der Waals surface area contributed by atoms with Gasteiger partial charge in [0.1, 0.15) is 12.6 Å². The van der Waals surface area contributed by atoms with E-state index in [-0.39, 0.29) is 17.3 Å². The van der Waals surface area contributed by atoms with Crippen LogP contribution in [-0.2, 0) is 26.2 Å². The number of sulfonamides is 1. The van der Waals surface area contributed by atoms with Gasteiger partial charge in [-0.25, -0.2) is 8.42 Å². The fourth-order valence-corrected chi connectivity index (χ4v) is 5.97. The molecule has 0 aliphatic rings. The van der Waals surface area contributed by atoms with Crippen molar-refractivity contribution in [2.24, 2.45) is 0 Å². The summed E-state index contributed by atoms with van der Waals surface area (Å²) >= 11 is 15.7. The molecule has 11 heteroatoms. The number of rotatable bonds is 12. The standard InChI is InChI=1S/C28H30BrCl2N3O4S/c1-3-4-15-32-28(36)20(2)33(18-21-13-14-25(30)26(31)16-21)27(35)19-34(23-10-8-9-22(29)17-23)39(37,38)24-11-6-5-7-12-24/h5-14,16-17,20H,3-4,15,18-19H2,1-2H3,(H,32,36)/t20-/m1/s1. The summed E-state index contributed by atoms with van der Waals surface area (Å²) in [6.07, 6.45) is 1.70. The van der Waals surface area contributed by atoms with E-state index in [0.29, 0.717) is 32.3 Å². The molecule has 208 valence electrons. The molecule has 3 aromatic carbocycles. The third-order valence-electron chi connectivity index (χ3n) is 6.04. The minimum Gasteiger partial charge on any atom is -0.354 e. The molecule has 1 N–H and O–H groups in total. The van der Waals surface area contributed by atoms with E-state index in [1.54, 1.807) is 67.6 Å². The number of hydrogen-bond acceptors (Lipinski definition) is 4. The number of carbonyl (C=O) groups is 2. The monoisotopic (exact) mass is 653 g/mol. The first-order valence-electron chi connectivity index (χ1n) is 12.4. The normalized spacial score (nSPS) is 12.0. The van der Waals surface area contributed by atoms with Crippen molar-refractivity contribution in [3.63, 3.8) is 0 Å². The zero-order valence-corrected chi connectivity index (χ0v) is 25.5. The number of carbonyl (C=O) groups excluding carboxylic acids is 2. The summed E-state index contributed by atoms with van der Waals surface area (Å²) in [5.74, 6) is -0.893. The SMILES string of the molecule is CCCCNC(=O)[C@@H](C)N(Cc1ccc(Cl)c(Cl)c1)C(=O)CN(c1cccc(Br)c1)S(=O)(=O)c1ccccc1. The van der Waals surface area contributed by atoms with Crippen LogP contribution in [0.4, 0.5) is 5.69 Å². The van der Waals surface area contributed by atoms with Gasteiger partial charge in [0.25, 0.3) is 10.0 Å². The fraction of sp³-hybridized carbons (Fsp3) is 0.286. The first-order valence-corrected chi connectivity index (χ1v) is 15.4. The number of nitrogens with one attached hydrogen (secondary N) is 1. The van der Waals surface area contributed by atoms with Gasteiger partial charge in [-0.3, -0.25) is 13.9 Å². The zero-order chi connectivity index (χ0) is 28.6. The molecule has 3 aromatic rings. The van der Waals surface area contributed by atoms with Crippen LogP contribution in [0.3, 0.4) is 0 Å². The van der Waals surface area contributed by atoms with Crippen LogP contribution in [0.5, 0.6) is 0 Å². The highest BCUT2D eigenvalue weighted by atomic mass is 79.9. The molecule has 3 rings (SSSR count). The third kappa shape index (κ3) is 8.20. The van der Waals surface area contributed by atoms with E-state index in [9.17, 15) is 18.0 Å². The number of halogens is 3. The van der Waals surface area contributed by atoms with E-state index in [0.717, 1.165) is 17.1 Å². The summed E-state index contributed by atoms with van der Waals surface area (Å²) in [4.78, 5) is 28.3. The zero-order valence-electron chi connectivity index (χ0n) is 21.6. The van der Waals surface area contributed by atoms with Gasteiger partial charge in [0, 0.05) is 17.6 Å². The van der Waals surface area contributed by atoms with Crippen molar-refractivity contribution >= 4 is 66.7 Å². The van der Waals surface area contributed by atoms with Crippen LogP contribution in [-0.4, -0.2) is 44.3 Å². The van der Waals surface area contributed by atoms with Gasteiger partial charge >= 0.3 is 0 Å². The number of benzene rings is 3. The lowest BCUT2D eigenvalue weighted by molar-refractivity contribution is -0.139. The summed E-state index contributed by atoms with van der Waals surface area (Å²) in [5.41, 5.74) is 0.946. The van der Waals surface area contributed by atoms with Gasteiger partial charge in [-0.2, -0.15) is 0 Å². The van der Waals surface area contributed by atoms with Crippen molar-refractivity contribution in [1.82, 2.24) is 10.2 Å². The van der Waals surface area contributed by atoms with E-state index in [1.807, 2.05) is 6.92 Å². The first-order chi connectivity index (χ1) is 18.5. The Morgan fingerprint density at radius 2 is 1.69 bits per heavy atom. The summed E-state index contributed by atoms with van der Waals surface area (Å²) in [7, 11) is -4.12. The Bertz CT molecular complexity index is 1410. The maximum Gasteiger partial charge on any atom is 0.264 e. The van der Waals surface area contributed by atoms with Gasteiger partial charge in [-0.05, 0) is 61.4 Å². The summed E-state index contributed by atoms with van der Waals surface area (Å²) in [5, 5.41) is 3.52. The van der Waals surface area contributed by atoms with Crippen LogP contribution in [0, 0.1) is 0 Å². The lowest BCUT2D eigenvalue weighted by Crippen LogP contribution is -2.51. The molecule has 0 radical (unpaired) electrons. The van der Waals surface area contributed by atoms with Gasteiger partial charge < -0.3 is 10.2 Å². The molecular weight excluding hydrogens is 625 g/mol. The van der Waals surface area contributed by atoms with Crippen LogP contribution in [0.1, 0.15) is 32.3 Å². The average Bonchev–Trinajstić information content (AvgIpc) is 2.92. The largest absolute Gasteiger partial charge is 0.354 e. The van der Waals surface area contributed by atoms with Crippen molar-refractivity contribution in [2.75, 3.05) is 17.4 Å². The Morgan fingerprint density at radius 3 is 2.33 bits per heavy atom. The lowest BCUT2D eigenvalue weighted by Gasteiger charge is -2.32. The topological polar surface area (TPSA) is 86.8 Å². The smallest absolute Gasteiger partial charge is 0.264 e. The molecule has 0 bridgehead atoms. The van der Waals surface area contributed by atoms with Gasteiger partial charge in [0.05, 0.1) is 20.6 Å². The molecule has 39 heavy (non-hydrogen) atoms. The minimum absolute atomic E-state index is 0.0236. The molecule has 0 saturated heterocycles.